The van der Waals surface area contributed by atoms with Crippen molar-refractivity contribution in [3.63, 3.8) is 0 Å². The van der Waals surface area contributed by atoms with E-state index in [1.54, 1.807) is 11.3 Å². The van der Waals surface area contributed by atoms with E-state index >= 15 is 0 Å². The van der Waals surface area contributed by atoms with Crippen LogP contribution in [0.25, 0.3) is 11.3 Å². The normalized spacial score (nSPS) is 20.0. The average molecular weight is 562 g/mol. The summed E-state index contributed by atoms with van der Waals surface area (Å²) in [6.07, 6.45) is 3.86. The molecule has 1 aliphatic carbocycles. The minimum atomic E-state index is -0.649. The number of thiazole rings is 1. The summed E-state index contributed by atoms with van der Waals surface area (Å²) >= 11 is 1.61. The van der Waals surface area contributed by atoms with Crippen molar-refractivity contribution in [2.75, 3.05) is 31.1 Å². The van der Waals surface area contributed by atoms with Crippen molar-refractivity contribution in [2.24, 2.45) is 17.8 Å². The predicted octanol–water partition coefficient (Wildman–Crippen LogP) is 6.51. The maximum absolute atomic E-state index is 13.0. The molecule has 3 aromatic rings. The van der Waals surface area contributed by atoms with Gasteiger partial charge in [-0.05, 0) is 79.8 Å². The highest BCUT2D eigenvalue weighted by molar-refractivity contribution is 7.14. The summed E-state index contributed by atoms with van der Waals surface area (Å²) in [6.45, 7) is 9.67. The number of aliphatic carboxylic acids is 1. The number of anilines is 1. The van der Waals surface area contributed by atoms with Crippen LogP contribution in [-0.2, 0) is 11.4 Å². The van der Waals surface area contributed by atoms with E-state index in [1.165, 1.54) is 0 Å². The Morgan fingerprint density at radius 2 is 1.77 bits per heavy atom. The Bertz CT molecular complexity index is 1340. The molecule has 1 aliphatic heterocycles. The summed E-state index contributed by atoms with van der Waals surface area (Å²) in [4.78, 5) is 33.9. The van der Waals surface area contributed by atoms with Crippen LogP contribution in [-0.4, -0.2) is 53.0 Å². The summed E-state index contributed by atoms with van der Waals surface area (Å²) in [7, 11) is 0. The maximum Gasteiger partial charge on any atom is 0.307 e. The second-order valence-corrected chi connectivity index (χ2v) is 11.9. The third kappa shape index (κ3) is 5.87. The van der Waals surface area contributed by atoms with Crippen molar-refractivity contribution in [3.05, 3.63) is 64.5 Å². The molecule has 0 radical (unpaired) electrons. The number of rotatable bonds is 11. The Labute approximate surface area is 240 Å². The van der Waals surface area contributed by atoms with E-state index in [2.05, 4.69) is 24.1 Å². The first kappa shape index (κ1) is 28.1. The smallest absolute Gasteiger partial charge is 0.307 e. The number of carbonyl (C=O) groups is 2. The highest BCUT2D eigenvalue weighted by Gasteiger charge is 2.46. The van der Waals surface area contributed by atoms with Crippen molar-refractivity contribution in [3.8, 4) is 17.0 Å². The third-order valence-corrected chi connectivity index (χ3v) is 9.19. The number of amides is 1. The highest BCUT2D eigenvalue weighted by atomic mass is 32.1. The molecule has 2 heterocycles. The van der Waals surface area contributed by atoms with E-state index in [1.807, 2.05) is 54.3 Å². The van der Waals surface area contributed by atoms with Crippen molar-refractivity contribution in [1.29, 1.82) is 0 Å². The Morgan fingerprint density at radius 3 is 2.42 bits per heavy atom. The van der Waals surface area contributed by atoms with Gasteiger partial charge in [-0.25, -0.2) is 4.98 Å². The molecule has 2 bridgehead atoms. The lowest BCUT2D eigenvalue weighted by atomic mass is 9.85. The Balaban J connectivity index is 1.27. The standard InChI is InChI=1S/C32H39N3O4S/c1-4-14-34(15-5-2)30(36)22-10-13-25(21(3)16-22)19-39-28-9-7-6-8-26(28)27-20-40-32(33-27)35-17-23-11-12-24(18-35)29(23)31(37)38/h6-10,13,16,20,23-24,29H,4-5,11-12,14-15,17-19H2,1-3H3,(H,37,38). The van der Waals surface area contributed by atoms with Gasteiger partial charge in [0.15, 0.2) is 5.13 Å². The molecule has 1 saturated carbocycles. The molecule has 212 valence electrons. The topological polar surface area (TPSA) is 83.0 Å². The minimum Gasteiger partial charge on any atom is -0.488 e. The zero-order valence-corrected chi connectivity index (χ0v) is 24.5. The first-order valence-electron chi connectivity index (χ1n) is 14.4. The SMILES string of the molecule is CCCN(CCC)C(=O)c1ccc(COc2ccccc2-c2csc(N3CC4CCC(C3)C4C(=O)O)n2)c(C)c1. The van der Waals surface area contributed by atoms with Gasteiger partial charge in [0.25, 0.3) is 5.91 Å². The number of hydrogen-bond donors (Lipinski definition) is 1. The van der Waals surface area contributed by atoms with Crippen molar-refractivity contribution in [2.45, 2.75) is 53.1 Å². The molecule has 1 aromatic heterocycles. The van der Waals surface area contributed by atoms with Crippen LogP contribution < -0.4 is 9.64 Å². The zero-order valence-electron chi connectivity index (χ0n) is 23.6. The number of nitrogens with zero attached hydrogens (tertiary/aromatic N) is 3. The Kier molecular flexibility index (Phi) is 8.74. The van der Waals surface area contributed by atoms with Crippen LogP contribution in [0.15, 0.2) is 47.8 Å². The first-order valence-corrected chi connectivity index (χ1v) is 15.3. The molecule has 8 heteroatoms. The van der Waals surface area contributed by atoms with E-state index in [-0.39, 0.29) is 23.7 Å². The van der Waals surface area contributed by atoms with Crippen LogP contribution in [0.5, 0.6) is 5.75 Å². The minimum absolute atomic E-state index is 0.0872. The van der Waals surface area contributed by atoms with Gasteiger partial charge < -0.3 is 19.6 Å². The number of carbonyl (C=O) groups excluding carboxylic acids is 1. The van der Waals surface area contributed by atoms with E-state index < -0.39 is 5.97 Å². The molecule has 1 N–H and O–H groups in total. The largest absolute Gasteiger partial charge is 0.488 e. The van der Waals surface area contributed by atoms with Crippen LogP contribution in [0.4, 0.5) is 5.13 Å². The Hall–Kier alpha value is -3.39. The second kappa shape index (κ2) is 12.4. The quantitative estimate of drug-likeness (QED) is 0.288. The van der Waals surface area contributed by atoms with Gasteiger partial charge >= 0.3 is 5.97 Å². The predicted molar refractivity (Wildman–Crippen MR) is 159 cm³/mol. The molecule has 5 rings (SSSR count). The zero-order chi connectivity index (χ0) is 28.2. The van der Waals surface area contributed by atoms with E-state index in [9.17, 15) is 14.7 Å². The lowest BCUT2D eigenvalue weighted by Crippen LogP contribution is -2.44. The van der Waals surface area contributed by atoms with Crippen molar-refractivity contribution < 1.29 is 19.4 Å². The lowest BCUT2D eigenvalue weighted by molar-refractivity contribution is -0.144. The fourth-order valence-electron chi connectivity index (χ4n) is 6.30. The van der Waals surface area contributed by atoms with Crippen LogP contribution >= 0.6 is 11.3 Å². The summed E-state index contributed by atoms with van der Waals surface area (Å²) < 4.78 is 6.31. The number of fused-ring (bicyclic) bond motifs is 2. The fraction of sp³-hybridized carbons (Fsp3) is 0.469. The summed E-state index contributed by atoms with van der Waals surface area (Å²) in [6, 6.07) is 13.8. The van der Waals surface area contributed by atoms with Crippen molar-refractivity contribution in [1.82, 2.24) is 9.88 Å². The average Bonchev–Trinajstić information content (AvgIpc) is 3.55. The van der Waals surface area contributed by atoms with Crippen molar-refractivity contribution >= 4 is 28.3 Å². The molecule has 2 atom stereocenters. The number of carboxylic acids is 1. The van der Waals surface area contributed by atoms with E-state index in [0.717, 1.165) is 90.7 Å². The van der Waals surface area contributed by atoms with Crippen LogP contribution in [0, 0.1) is 24.7 Å². The number of hydrogen-bond acceptors (Lipinski definition) is 6. The van der Waals surface area contributed by atoms with Gasteiger partial charge in [0.05, 0.1) is 11.6 Å². The molecular formula is C32H39N3O4S. The Morgan fingerprint density at radius 1 is 1.07 bits per heavy atom. The molecule has 2 aliphatic rings. The van der Waals surface area contributed by atoms with Gasteiger partial charge in [-0.15, -0.1) is 11.3 Å². The molecule has 2 fully saturated rings. The number of carboxylic acid groups (broad SMARTS) is 1. The van der Waals surface area contributed by atoms with Crippen LogP contribution in [0.3, 0.4) is 0 Å². The van der Waals surface area contributed by atoms with E-state index in [0.29, 0.717) is 6.61 Å². The van der Waals surface area contributed by atoms with Gasteiger partial charge in [-0.2, -0.15) is 0 Å². The number of aromatic nitrogens is 1. The van der Waals surface area contributed by atoms with Gasteiger partial charge in [0, 0.05) is 42.7 Å². The molecule has 2 unspecified atom stereocenters. The summed E-state index contributed by atoms with van der Waals surface area (Å²) in [5.74, 6) is 0.386. The molecule has 40 heavy (non-hydrogen) atoms. The molecular weight excluding hydrogens is 522 g/mol. The highest BCUT2D eigenvalue weighted by Crippen LogP contribution is 2.44. The molecule has 7 nitrogen and oxygen atoms in total. The van der Waals surface area contributed by atoms with E-state index in [4.69, 9.17) is 9.72 Å². The van der Waals surface area contributed by atoms with Gasteiger partial charge in [0.2, 0.25) is 0 Å². The fourth-order valence-corrected chi connectivity index (χ4v) is 7.15. The van der Waals surface area contributed by atoms with Crippen LogP contribution in [0.2, 0.25) is 0 Å². The van der Waals surface area contributed by atoms with Gasteiger partial charge in [-0.3, -0.25) is 9.59 Å². The lowest BCUT2D eigenvalue weighted by Gasteiger charge is -2.35. The van der Waals surface area contributed by atoms with Gasteiger partial charge in [-0.1, -0.05) is 32.0 Å². The van der Waals surface area contributed by atoms with Crippen LogP contribution in [0.1, 0.15) is 61.0 Å². The molecule has 1 saturated heterocycles. The number of ether oxygens (including phenoxy) is 1. The number of aryl methyl sites for hydroxylation is 1. The number of piperidine rings is 1. The summed E-state index contributed by atoms with van der Waals surface area (Å²) in [5.41, 5.74) is 4.60. The number of para-hydroxylation sites is 1. The van der Waals surface area contributed by atoms with Gasteiger partial charge in [0.1, 0.15) is 12.4 Å². The molecule has 1 amide bonds. The monoisotopic (exact) mass is 561 g/mol. The molecule has 0 spiro atoms. The second-order valence-electron chi connectivity index (χ2n) is 11.1. The number of benzene rings is 2. The molecule has 2 aromatic carbocycles. The first-order chi connectivity index (χ1) is 19.4. The summed E-state index contributed by atoms with van der Waals surface area (Å²) in [5, 5.41) is 12.7. The third-order valence-electron chi connectivity index (χ3n) is 8.29. The maximum atomic E-state index is 13.0.